The van der Waals surface area contributed by atoms with Gasteiger partial charge in [0.05, 0.1) is 7.11 Å². The minimum Gasteiger partial charge on any atom is -0.497 e. The molecule has 3 heteroatoms. The van der Waals surface area contributed by atoms with Crippen molar-refractivity contribution in [2.24, 2.45) is 0 Å². The zero-order valence-corrected chi connectivity index (χ0v) is 10.4. The Hall–Kier alpha value is -1.35. The van der Waals surface area contributed by atoms with Crippen LogP contribution in [0.1, 0.15) is 24.9 Å². The maximum atomic E-state index is 11.2. The van der Waals surface area contributed by atoms with Gasteiger partial charge in [0.15, 0.2) is 0 Å². The molecule has 1 aromatic rings. The third-order valence-corrected chi connectivity index (χ3v) is 2.60. The summed E-state index contributed by atoms with van der Waals surface area (Å²) >= 11 is 0. The molecule has 0 spiro atoms. The van der Waals surface area contributed by atoms with E-state index in [-0.39, 0.29) is 11.8 Å². The largest absolute Gasteiger partial charge is 0.497 e. The topological polar surface area (TPSA) is 29.5 Å². The van der Waals surface area contributed by atoms with E-state index in [1.54, 1.807) is 14.0 Å². The van der Waals surface area contributed by atoms with Crippen molar-refractivity contribution in [3.05, 3.63) is 29.8 Å². The molecule has 0 aliphatic heterocycles. The lowest BCUT2D eigenvalue weighted by atomic mass is 10.0. The summed E-state index contributed by atoms with van der Waals surface area (Å²) in [5.41, 5.74) is 1.14. The summed E-state index contributed by atoms with van der Waals surface area (Å²) in [6.45, 7) is 1.63. The van der Waals surface area contributed by atoms with Crippen LogP contribution >= 0.6 is 0 Å². The molecule has 88 valence electrons. The lowest BCUT2D eigenvalue weighted by Crippen LogP contribution is -2.22. The first kappa shape index (κ1) is 12.7. The first-order chi connectivity index (χ1) is 7.54. The van der Waals surface area contributed by atoms with Gasteiger partial charge in [-0.3, -0.25) is 4.79 Å². The van der Waals surface area contributed by atoms with E-state index in [2.05, 4.69) is 4.90 Å². The molecular formula is C13H19NO2. The molecule has 1 atom stereocenters. The Morgan fingerprint density at radius 3 is 2.25 bits per heavy atom. The minimum atomic E-state index is 0.142. The molecule has 0 aliphatic rings. The molecule has 3 nitrogen and oxygen atoms in total. The quantitative estimate of drug-likeness (QED) is 0.764. The van der Waals surface area contributed by atoms with Crippen LogP contribution < -0.4 is 4.74 Å². The molecule has 0 saturated carbocycles. The van der Waals surface area contributed by atoms with Gasteiger partial charge >= 0.3 is 0 Å². The van der Waals surface area contributed by atoms with Crippen LogP contribution in [0.3, 0.4) is 0 Å². The standard InChI is InChI=1S/C13H19NO2/c1-10(15)9-13(14(2)3)11-5-7-12(16-4)8-6-11/h5-8,13H,9H2,1-4H3. The van der Waals surface area contributed by atoms with Gasteiger partial charge in [0, 0.05) is 12.5 Å². The average molecular weight is 221 g/mol. The number of carbonyl (C=O) groups excluding carboxylic acids is 1. The van der Waals surface area contributed by atoms with Crippen LogP contribution in [0.4, 0.5) is 0 Å². The van der Waals surface area contributed by atoms with Crippen molar-refractivity contribution in [2.75, 3.05) is 21.2 Å². The molecule has 0 fully saturated rings. The van der Waals surface area contributed by atoms with Gasteiger partial charge in [-0.25, -0.2) is 0 Å². The fourth-order valence-corrected chi connectivity index (χ4v) is 1.70. The Morgan fingerprint density at radius 2 is 1.88 bits per heavy atom. The van der Waals surface area contributed by atoms with Gasteiger partial charge in [-0.1, -0.05) is 12.1 Å². The second-order valence-electron chi connectivity index (χ2n) is 4.16. The van der Waals surface area contributed by atoms with E-state index < -0.39 is 0 Å². The molecular weight excluding hydrogens is 202 g/mol. The van der Waals surface area contributed by atoms with Gasteiger partial charge in [-0.15, -0.1) is 0 Å². The summed E-state index contributed by atoms with van der Waals surface area (Å²) in [7, 11) is 5.61. The van der Waals surface area contributed by atoms with Crippen LogP contribution in [0.15, 0.2) is 24.3 Å². The smallest absolute Gasteiger partial charge is 0.131 e. The van der Waals surface area contributed by atoms with Crippen LogP contribution in [0.25, 0.3) is 0 Å². The number of ketones is 1. The van der Waals surface area contributed by atoms with Gasteiger partial charge in [0.25, 0.3) is 0 Å². The molecule has 0 aromatic heterocycles. The van der Waals surface area contributed by atoms with Gasteiger partial charge in [0.2, 0.25) is 0 Å². The summed E-state index contributed by atoms with van der Waals surface area (Å²) in [4.78, 5) is 13.3. The molecule has 1 rings (SSSR count). The predicted octanol–water partition coefficient (Wildman–Crippen LogP) is 2.28. The van der Waals surface area contributed by atoms with Crippen molar-refractivity contribution >= 4 is 5.78 Å². The number of methoxy groups -OCH3 is 1. The van der Waals surface area contributed by atoms with Crippen LogP contribution in [0.2, 0.25) is 0 Å². The Morgan fingerprint density at radius 1 is 1.31 bits per heavy atom. The zero-order chi connectivity index (χ0) is 12.1. The van der Waals surface area contributed by atoms with Gasteiger partial charge in [-0.05, 0) is 38.7 Å². The van der Waals surface area contributed by atoms with E-state index in [1.165, 1.54) is 0 Å². The number of ether oxygens (including phenoxy) is 1. The molecule has 0 aliphatic carbocycles. The number of nitrogens with zero attached hydrogens (tertiary/aromatic N) is 1. The lowest BCUT2D eigenvalue weighted by molar-refractivity contribution is -0.118. The normalized spacial score (nSPS) is 12.6. The summed E-state index contributed by atoms with van der Waals surface area (Å²) in [5.74, 6) is 1.04. The first-order valence-corrected chi connectivity index (χ1v) is 5.34. The van der Waals surface area contributed by atoms with Crippen LogP contribution in [-0.2, 0) is 4.79 Å². The van der Waals surface area contributed by atoms with Crippen molar-refractivity contribution < 1.29 is 9.53 Å². The Bertz CT molecular complexity index is 343. The lowest BCUT2D eigenvalue weighted by Gasteiger charge is -2.23. The molecule has 16 heavy (non-hydrogen) atoms. The second kappa shape index (κ2) is 5.66. The Kier molecular flexibility index (Phi) is 4.50. The number of Topliss-reactive ketones (excluding diaryl/α,β-unsaturated/α-hetero) is 1. The molecule has 0 saturated heterocycles. The van der Waals surface area contributed by atoms with Gasteiger partial charge in [0.1, 0.15) is 11.5 Å². The van der Waals surface area contributed by atoms with Crippen molar-refractivity contribution in [1.29, 1.82) is 0 Å². The minimum absolute atomic E-state index is 0.142. The maximum absolute atomic E-state index is 11.2. The monoisotopic (exact) mass is 221 g/mol. The highest BCUT2D eigenvalue weighted by Gasteiger charge is 2.15. The van der Waals surface area contributed by atoms with Crippen molar-refractivity contribution in [3.63, 3.8) is 0 Å². The summed E-state index contributed by atoms with van der Waals surface area (Å²) in [6.07, 6.45) is 0.541. The highest BCUT2D eigenvalue weighted by atomic mass is 16.5. The van der Waals surface area contributed by atoms with E-state index >= 15 is 0 Å². The SMILES string of the molecule is COc1ccc(C(CC(C)=O)N(C)C)cc1. The molecule has 1 unspecified atom stereocenters. The van der Waals surface area contributed by atoms with Crippen LogP contribution in [-0.4, -0.2) is 31.9 Å². The second-order valence-corrected chi connectivity index (χ2v) is 4.16. The number of rotatable bonds is 5. The molecule has 1 aromatic carbocycles. The maximum Gasteiger partial charge on any atom is 0.131 e. The third kappa shape index (κ3) is 3.35. The highest BCUT2D eigenvalue weighted by molar-refractivity contribution is 5.76. The summed E-state index contributed by atoms with van der Waals surface area (Å²) in [6, 6.07) is 8.00. The van der Waals surface area contributed by atoms with E-state index in [0.29, 0.717) is 6.42 Å². The van der Waals surface area contributed by atoms with Crippen LogP contribution in [0.5, 0.6) is 5.75 Å². The Balaban J connectivity index is 2.88. The number of hydrogen-bond donors (Lipinski definition) is 0. The molecule has 0 bridgehead atoms. The van der Waals surface area contributed by atoms with E-state index in [9.17, 15) is 4.79 Å². The van der Waals surface area contributed by atoms with E-state index in [0.717, 1.165) is 11.3 Å². The van der Waals surface area contributed by atoms with Crippen LogP contribution in [0, 0.1) is 0 Å². The van der Waals surface area contributed by atoms with Gasteiger partial charge < -0.3 is 9.64 Å². The highest BCUT2D eigenvalue weighted by Crippen LogP contribution is 2.24. The van der Waals surface area contributed by atoms with Gasteiger partial charge in [-0.2, -0.15) is 0 Å². The van der Waals surface area contributed by atoms with E-state index in [4.69, 9.17) is 4.74 Å². The van der Waals surface area contributed by atoms with E-state index in [1.807, 2.05) is 38.4 Å². The summed E-state index contributed by atoms with van der Waals surface area (Å²) in [5, 5.41) is 0. The zero-order valence-electron chi connectivity index (χ0n) is 10.4. The molecule has 0 radical (unpaired) electrons. The molecule has 0 amide bonds. The average Bonchev–Trinajstić information content (AvgIpc) is 2.25. The van der Waals surface area contributed by atoms with Crippen molar-refractivity contribution in [1.82, 2.24) is 4.90 Å². The fourth-order valence-electron chi connectivity index (χ4n) is 1.70. The number of carbonyl (C=O) groups is 1. The first-order valence-electron chi connectivity index (χ1n) is 5.34. The Labute approximate surface area is 97.0 Å². The number of hydrogen-bond acceptors (Lipinski definition) is 3. The fraction of sp³-hybridized carbons (Fsp3) is 0.462. The predicted molar refractivity (Wildman–Crippen MR) is 64.7 cm³/mol. The molecule has 0 heterocycles. The summed E-state index contributed by atoms with van der Waals surface area (Å²) < 4.78 is 5.11. The molecule has 0 N–H and O–H groups in total. The number of benzene rings is 1. The van der Waals surface area contributed by atoms with Crippen molar-refractivity contribution in [3.8, 4) is 5.75 Å². The third-order valence-electron chi connectivity index (χ3n) is 2.60. The van der Waals surface area contributed by atoms with Crippen molar-refractivity contribution in [2.45, 2.75) is 19.4 Å².